The topological polar surface area (TPSA) is 72.0 Å². The summed E-state index contributed by atoms with van der Waals surface area (Å²) in [6, 6.07) is 6.87. The van der Waals surface area contributed by atoms with Crippen molar-refractivity contribution in [3.63, 3.8) is 0 Å². The molecule has 110 valence electrons. The molecule has 0 fully saturated rings. The van der Waals surface area contributed by atoms with Crippen LogP contribution in [0.5, 0.6) is 0 Å². The van der Waals surface area contributed by atoms with Gasteiger partial charge in [-0.25, -0.2) is 9.97 Å². The molecule has 7 heteroatoms. The highest BCUT2D eigenvalue weighted by molar-refractivity contribution is 8.03. The number of rotatable bonds is 3. The molecule has 0 saturated heterocycles. The monoisotopic (exact) mass is 331 g/mol. The smallest absolute Gasteiger partial charge is 0.231 e. The molecule has 0 radical (unpaired) electrons. The third-order valence-corrected chi connectivity index (χ3v) is 4.16. The van der Waals surface area contributed by atoms with Crippen LogP contribution in [-0.2, 0) is 0 Å². The van der Waals surface area contributed by atoms with Crippen LogP contribution in [0.25, 0.3) is 0 Å². The van der Waals surface area contributed by atoms with Gasteiger partial charge in [0.2, 0.25) is 11.6 Å². The van der Waals surface area contributed by atoms with E-state index in [4.69, 9.17) is 11.6 Å². The minimum absolute atomic E-state index is 0.0711. The van der Waals surface area contributed by atoms with Crippen LogP contribution in [0.15, 0.2) is 47.3 Å². The first-order valence-electron chi connectivity index (χ1n) is 6.33. The largest absolute Gasteiger partial charge is 0.351 e. The van der Waals surface area contributed by atoms with Crippen molar-refractivity contribution in [1.29, 1.82) is 0 Å². The zero-order valence-electron chi connectivity index (χ0n) is 11.5. The Morgan fingerprint density at radius 2 is 1.59 bits per heavy atom. The lowest BCUT2D eigenvalue weighted by atomic mass is 10.0. The number of hydrogen-bond donors (Lipinski definition) is 1. The normalized spacial score (nSPS) is 14.1. The van der Waals surface area contributed by atoms with Gasteiger partial charge in [-0.2, -0.15) is 0 Å². The van der Waals surface area contributed by atoms with Gasteiger partial charge in [0.1, 0.15) is 17.1 Å². The Bertz CT molecular complexity index is 803. The van der Waals surface area contributed by atoms with E-state index in [2.05, 4.69) is 15.3 Å². The molecule has 1 aliphatic carbocycles. The first-order chi connectivity index (χ1) is 10.6. The van der Waals surface area contributed by atoms with Crippen LogP contribution < -0.4 is 5.32 Å². The number of carbonyl (C=O) groups is 2. The van der Waals surface area contributed by atoms with Gasteiger partial charge in [0.15, 0.2) is 0 Å². The van der Waals surface area contributed by atoms with Crippen LogP contribution in [0.3, 0.4) is 0 Å². The minimum atomic E-state index is -0.345. The zero-order chi connectivity index (χ0) is 15.7. The van der Waals surface area contributed by atoms with Crippen molar-refractivity contribution >= 4 is 40.6 Å². The van der Waals surface area contributed by atoms with Gasteiger partial charge in [0.25, 0.3) is 0 Å². The second-order valence-corrected chi connectivity index (χ2v) is 5.70. The minimum Gasteiger partial charge on any atom is -0.351 e. The van der Waals surface area contributed by atoms with Crippen molar-refractivity contribution in [2.75, 3.05) is 11.6 Å². The lowest BCUT2D eigenvalue weighted by Crippen LogP contribution is -2.27. The Morgan fingerprint density at radius 3 is 2.18 bits per heavy atom. The summed E-state index contributed by atoms with van der Waals surface area (Å²) in [6.07, 6.45) is 4.54. The van der Waals surface area contributed by atoms with Crippen LogP contribution in [0.1, 0.15) is 21.0 Å². The van der Waals surface area contributed by atoms with Crippen molar-refractivity contribution in [3.8, 4) is 0 Å². The van der Waals surface area contributed by atoms with E-state index in [1.54, 1.807) is 30.5 Å². The first kappa shape index (κ1) is 14.7. The number of halogens is 1. The van der Waals surface area contributed by atoms with Crippen LogP contribution in [-0.4, -0.2) is 27.8 Å². The van der Waals surface area contributed by atoms with E-state index in [1.165, 1.54) is 24.2 Å². The van der Waals surface area contributed by atoms with E-state index in [1.807, 2.05) is 0 Å². The third kappa shape index (κ3) is 2.51. The van der Waals surface area contributed by atoms with Crippen molar-refractivity contribution in [3.05, 3.63) is 63.7 Å². The van der Waals surface area contributed by atoms with E-state index in [0.29, 0.717) is 15.6 Å². The number of fused-ring (bicyclic) bond motifs is 1. The van der Waals surface area contributed by atoms with Crippen LogP contribution >= 0.6 is 23.4 Å². The highest BCUT2D eigenvalue weighted by Crippen LogP contribution is 2.30. The van der Waals surface area contributed by atoms with Crippen LogP contribution in [0.4, 0.5) is 5.69 Å². The number of thioether (sulfide) groups is 1. The Kier molecular flexibility index (Phi) is 3.96. The fourth-order valence-corrected chi connectivity index (χ4v) is 2.85. The number of anilines is 1. The van der Waals surface area contributed by atoms with Crippen molar-refractivity contribution in [2.45, 2.75) is 0 Å². The van der Waals surface area contributed by atoms with Gasteiger partial charge in [-0.1, -0.05) is 11.6 Å². The summed E-state index contributed by atoms with van der Waals surface area (Å²) in [5.74, 6) is -0.645. The van der Waals surface area contributed by atoms with Gasteiger partial charge < -0.3 is 5.32 Å². The summed E-state index contributed by atoms with van der Waals surface area (Å²) in [6.45, 7) is 0. The molecule has 1 heterocycles. The fourth-order valence-electron chi connectivity index (χ4n) is 2.10. The van der Waals surface area contributed by atoms with Gasteiger partial charge in [0.05, 0.1) is 4.91 Å². The molecule has 0 atom stereocenters. The van der Waals surface area contributed by atoms with Crippen molar-refractivity contribution in [1.82, 2.24) is 9.97 Å². The number of nitrogens with zero attached hydrogens (tertiary/aromatic N) is 2. The number of aromatic nitrogens is 2. The number of ketones is 2. The maximum absolute atomic E-state index is 12.6. The number of nitrogens with one attached hydrogen (secondary N) is 1. The third-order valence-electron chi connectivity index (χ3n) is 3.11. The van der Waals surface area contributed by atoms with Gasteiger partial charge in [-0.05, 0) is 30.5 Å². The van der Waals surface area contributed by atoms with Gasteiger partial charge in [-0.3, -0.25) is 9.59 Å². The maximum atomic E-state index is 12.6. The Morgan fingerprint density at radius 1 is 1.00 bits per heavy atom. The molecule has 1 N–H and O–H groups in total. The van der Waals surface area contributed by atoms with Gasteiger partial charge in [0, 0.05) is 23.1 Å². The van der Waals surface area contributed by atoms with E-state index in [9.17, 15) is 9.59 Å². The van der Waals surface area contributed by atoms with Crippen molar-refractivity contribution < 1.29 is 9.59 Å². The SMILES string of the molecule is CSC1=C(Nc2ccc(Cl)cc2)C(=O)c2nccnc2C1=O. The number of Topliss-reactive ketones (excluding diaryl/α,β-unsaturated/α-hetero) is 2. The molecule has 5 nitrogen and oxygen atoms in total. The second kappa shape index (κ2) is 5.90. The molecule has 1 aromatic carbocycles. The molecule has 1 aromatic heterocycles. The number of hydrogen-bond acceptors (Lipinski definition) is 6. The predicted octanol–water partition coefficient (Wildman–Crippen LogP) is 3.20. The summed E-state index contributed by atoms with van der Waals surface area (Å²) >= 11 is 7.05. The molecule has 3 rings (SSSR count). The van der Waals surface area contributed by atoms with Gasteiger partial charge in [-0.15, -0.1) is 11.8 Å². The number of benzene rings is 1. The molecule has 1 aliphatic rings. The molecule has 2 aromatic rings. The average molecular weight is 332 g/mol. The number of allylic oxidation sites excluding steroid dienone is 2. The molecule has 0 amide bonds. The Labute approximate surface area is 135 Å². The molecule has 0 saturated carbocycles. The molecular weight excluding hydrogens is 322 g/mol. The molecule has 22 heavy (non-hydrogen) atoms. The lowest BCUT2D eigenvalue weighted by Gasteiger charge is -2.19. The average Bonchev–Trinajstić information content (AvgIpc) is 2.55. The van der Waals surface area contributed by atoms with Gasteiger partial charge >= 0.3 is 0 Å². The summed E-state index contributed by atoms with van der Waals surface area (Å²) in [5.41, 5.74) is 1.05. The quantitative estimate of drug-likeness (QED) is 0.931. The van der Waals surface area contributed by atoms with E-state index in [0.717, 1.165) is 0 Å². The van der Waals surface area contributed by atoms with E-state index < -0.39 is 0 Å². The summed E-state index contributed by atoms with van der Waals surface area (Å²) < 4.78 is 0. The first-order valence-corrected chi connectivity index (χ1v) is 7.93. The lowest BCUT2D eigenvalue weighted by molar-refractivity contribution is 0.0975. The molecule has 0 spiro atoms. The molecular formula is C15H10ClN3O2S. The second-order valence-electron chi connectivity index (χ2n) is 4.45. The Hall–Kier alpha value is -2.18. The fraction of sp³-hybridized carbons (Fsp3) is 0.0667. The molecule has 0 unspecified atom stereocenters. The highest BCUT2D eigenvalue weighted by Gasteiger charge is 2.34. The van der Waals surface area contributed by atoms with E-state index >= 15 is 0 Å². The standard InChI is InChI=1S/C15H10ClN3O2S/c1-22-15-12(19-9-4-2-8(16)3-5-9)13(20)10-11(14(15)21)18-7-6-17-10/h2-7,19H,1H3. The van der Waals surface area contributed by atoms with Crippen molar-refractivity contribution in [2.24, 2.45) is 0 Å². The summed E-state index contributed by atoms with van der Waals surface area (Å²) in [7, 11) is 0. The Balaban J connectivity index is 2.06. The summed E-state index contributed by atoms with van der Waals surface area (Å²) in [4.78, 5) is 33.3. The predicted molar refractivity (Wildman–Crippen MR) is 86.3 cm³/mol. The highest BCUT2D eigenvalue weighted by atomic mass is 35.5. The maximum Gasteiger partial charge on any atom is 0.231 e. The molecule has 0 bridgehead atoms. The van der Waals surface area contributed by atoms with Crippen LogP contribution in [0, 0.1) is 0 Å². The van der Waals surface area contributed by atoms with Crippen LogP contribution in [0.2, 0.25) is 5.02 Å². The summed E-state index contributed by atoms with van der Waals surface area (Å²) in [5, 5.41) is 3.58. The zero-order valence-corrected chi connectivity index (χ0v) is 13.0. The van der Waals surface area contributed by atoms with E-state index in [-0.39, 0.29) is 28.7 Å². The molecule has 0 aliphatic heterocycles. The number of carbonyl (C=O) groups excluding carboxylic acids is 2.